The van der Waals surface area contributed by atoms with Crippen molar-refractivity contribution in [2.75, 3.05) is 18.4 Å². The Morgan fingerprint density at radius 3 is 2.47 bits per heavy atom. The number of carbonyl (C=O) groups excluding carboxylic acids is 2. The quantitative estimate of drug-likeness (QED) is 0.408. The summed E-state index contributed by atoms with van der Waals surface area (Å²) in [5.41, 5.74) is 5.68. The van der Waals surface area contributed by atoms with E-state index in [1.165, 1.54) is 12.1 Å². The van der Waals surface area contributed by atoms with E-state index in [1.807, 2.05) is 49.1 Å². The van der Waals surface area contributed by atoms with Gasteiger partial charge in [-0.2, -0.15) is 5.10 Å². The maximum Gasteiger partial charge on any atom is 0.256 e. The monoisotopic (exact) mass is 482 g/mol. The molecule has 1 saturated heterocycles. The number of amides is 2. The zero-order chi connectivity index (χ0) is 25.2. The number of likely N-dealkylation sites (tertiary alicyclic amines) is 1. The van der Waals surface area contributed by atoms with Gasteiger partial charge in [-0.1, -0.05) is 29.8 Å². The van der Waals surface area contributed by atoms with Crippen molar-refractivity contribution in [1.29, 1.82) is 0 Å². The molecular weight excluding hydrogens is 455 g/mol. The zero-order valence-corrected chi connectivity index (χ0v) is 20.2. The van der Waals surface area contributed by atoms with Crippen molar-refractivity contribution in [2.24, 2.45) is 0 Å². The second-order valence-electron chi connectivity index (χ2n) is 9.28. The fraction of sp³-hybridized carbons (Fsp3) is 0.207. The second kappa shape index (κ2) is 9.77. The van der Waals surface area contributed by atoms with Crippen LogP contribution in [0.2, 0.25) is 0 Å². The first kappa shape index (κ1) is 23.5. The first-order valence-electron chi connectivity index (χ1n) is 12.0. The van der Waals surface area contributed by atoms with E-state index in [0.717, 1.165) is 28.8 Å². The molecule has 1 aromatic heterocycles. The summed E-state index contributed by atoms with van der Waals surface area (Å²) < 4.78 is 14.9. The van der Waals surface area contributed by atoms with Crippen molar-refractivity contribution in [3.05, 3.63) is 113 Å². The van der Waals surface area contributed by atoms with Crippen LogP contribution in [0, 0.1) is 19.7 Å². The van der Waals surface area contributed by atoms with Crippen molar-refractivity contribution >= 4 is 17.5 Å². The molecule has 2 heterocycles. The molecule has 4 aromatic rings. The molecule has 2 amide bonds. The minimum absolute atomic E-state index is 0.0203. The predicted octanol–water partition coefficient (Wildman–Crippen LogP) is 5.51. The normalized spacial score (nSPS) is 15.2. The molecule has 1 atom stereocenters. The van der Waals surface area contributed by atoms with Crippen LogP contribution in [0.25, 0.3) is 5.69 Å². The zero-order valence-electron chi connectivity index (χ0n) is 20.2. The van der Waals surface area contributed by atoms with Gasteiger partial charge in [0.15, 0.2) is 0 Å². The van der Waals surface area contributed by atoms with Crippen molar-refractivity contribution in [1.82, 2.24) is 14.7 Å². The van der Waals surface area contributed by atoms with Gasteiger partial charge in [0.25, 0.3) is 11.8 Å². The van der Waals surface area contributed by atoms with E-state index in [0.29, 0.717) is 29.9 Å². The molecule has 3 aromatic carbocycles. The van der Waals surface area contributed by atoms with Gasteiger partial charge in [-0.15, -0.1) is 0 Å². The van der Waals surface area contributed by atoms with Crippen molar-refractivity contribution < 1.29 is 14.0 Å². The Morgan fingerprint density at radius 1 is 1.00 bits per heavy atom. The van der Waals surface area contributed by atoms with Gasteiger partial charge in [0.2, 0.25) is 0 Å². The number of aromatic nitrogens is 2. The summed E-state index contributed by atoms with van der Waals surface area (Å²) in [6.07, 6.45) is 4.20. The summed E-state index contributed by atoms with van der Waals surface area (Å²) in [7, 11) is 0. The molecule has 0 saturated carbocycles. The average molecular weight is 483 g/mol. The maximum atomic E-state index is 13.2. The number of aryl methyl sites for hydroxylation is 2. The van der Waals surface area contributed by atoms with Crippen LogP contribution in [0.1, 0.15) is 49.7 Å². The summed E-state index contributed by atoms with van der Waals surface area (Å²) >= 11 is 0. The molecule has 182 valence electrons. The maximum absolute atomic E-state index is 13.2. The lowest BCUT2D eigenvalue weighted by Gasteiger charge is -2.17. The van der Waals surface area contributed by atoms with Crippen molar-refractivity contribution in [3.8, 4) is 5.69 Å². The van der Waals surface area contributed by atoms with Crippen LogP contribution in [-0.4, -0.2) is 39.6 Å². The molecule has 1 N–H and O–H groups in total. The first-order chi connectivity index (χ1) is 17.4. The Balaban J connectivity index is 1.22. The Labute approximate surface area is 209 Å². The smallest absolute Gasteiger partial charge is 0.256 e. The van der Waals surface area contributed by atoms with Gasteiger partial charge < -0.3 is 10.2 Å². The molecule has 6 nitrogen and oxygen atoms in total. The van der Waals surface area contributed by atoms with Gasteiger partial charge in [-0.05, 0) is 73.9 Å². The molecule has 0 aliphatic carbocycles. The lowest BCUT2D eigenvalue weighted by Crippen LogP contribution is -2.28. The van der Waals surface area contributed by atoms with Crippen LogP contribution in [0.4, 0.5) is 10.1 Å². The molecular formula is C29H27FN4O2. The topological polar surface area (TPSA) is 67.2 Å². The minimum Gasteiger partial charge on any atom is -0.338 e. The Kier molecular flexibility index (Phi) is 6.38. The lowest BCUT2D eigenvalue weighted by atomic mass is 9.98. The number of anilines is 1. The van der Waals surface area contributed by atoms with Crippen LogP contribution in [-0.2, 0) is 0 Å². The number of rotatable bonds is 5. The van der Waals surface area contributed by atoms with Crippen molar-refractivity contribution in [2.45, 2.75) is 26.2 Å². The minimum atomic E-state index is -0.252. The highest BCUT2D eigenvalue weighted by atomic mass is 19.1. The highest BCUT2D eigenvalue weighted by Gasteiger charge is 2.28. The van der Waals surface area contributed by atoms with Gasteiger partial charge in [0, 0.05) is 30.1 Å². The number of hydrogen-bond donors (Lipinski definition) is 1. The van der Waals surface area contributed by atoms with Crippen LogP contribution < -0.4 is 5.32 Å². The number of carbonyl (C=O) groups is 2. The van der Waals surface area contributed by atoms with Crippen LogP contribution >= 0.6 is 0 Å². The summed E-state index contributed by atoms with van der Waals surface area (Å²) in [6, 6.07) is 19.5. The van der Waals surface area contributed by atoms with Gasteiger partial charge in [0.1, 0.15) is 5.82 Å². The number of nitrogens with one attached hydrogen (secondary N) is 1. The summed E-state index contributed by atoms with van der Waals surface area (Å²) in [6.45, 7) is 5.20. The molecule has 1 fully saturated rings. The van der Waals surface area contributed by atoms with E-state index < -0.39 is 0 Å². The van der Waals surface area contributed by atoms with E-state index in [-0.39, 0.29) is 23.5 Å². The highest BCUT2D eigenvalue weighted by molar-refractivity contribution is 6.05. The number of hydrogen-bond acceptors (Lipinski definition) is 3. The SMILES string of the molecule is Cc1ccc(C(=O)Nc2cnn(-c3ccc(C(=O)N4CC[C@@H](c5ccc(F)cc5)C4)cc3)c2)c(C)c1. The third-order valence-corrected chi connectivity index (χ3v) is 6.66. The highest BCUT2D eigenvalue weighted by Crippen LogP contribution is 2.28. The van der Waals surface area contributed by atoms with Gasteiger partial charge >= 0.3 is 0 Å². The molecule has 7 heteroatoms. The molecule has 0 bridgehead atoms. The summed E-state index contributed by atoms with van der Waals surface area (Å²) in [5, 5.41) is 7.24. The van der Waals surface area contributed by atoms with Gasteiger partial charge in [0.05, 0.1) is 23.8 Å². The Morgan fingerprint density at radius 2 is 1.75 bits per heavy atom. The predicted molar refractivity (Wildman–Crippen MR) is 137 cm³/mol. The fourth-order valence-corrected chi connectivity index (χ4v) is 4.69. The molecule has 0 unspecified atom stereocenters. The van der Waals surface area contributed by atoms with Crippen LogP contribution in [0.15, 0.2) is 79.1 Å². The number of halogens is 1. The van der Waals surface area contributed by atoms with E-state index >= 15 is 0 Å². The summed E-state index contributed by atoms with van der Waals surface area (Å²) in [5.74, 6) is -0.237. The first-order valence-corrected chi connectivity index (χ1v) is 12.0. The Bertz CT molecular complexity index is 1410. The van der Waals surface area contributed by atoms with Crippen molar-refractivity contribution in [3.63, 3.8) is 0 Å². The van der Waals surface area contributed by atoms with Crippen LogP contribution in [0.5, 0.6) is 0 Å². The van der Waals surface area contributed by atoms with Gasteiger partial charge in [-0.3, -0.25) is 9.59 Å². The Hall–Kier alpha value is -4.26. The van der Waals surface area contributed by atoms with E-state index in [9.17, 15) is 14.0 Å². The molecule has 1 aliphatic heterocycles. The lowest BCUT2D eigenvalue weighted by molar-refractivity contribution is 0.0790. The number of benzene rings is 3. The van der Waals surface area contributed by atoms with Crippen LogP contribution in [0.3, 0.4) is 0 Å². The van der Waals surface area contributed by atoms with Gasteiger partial charge in [-0.25, -0.2) is 9.07 Å². The molecule has 1 aliphatic rings. The average Bonchev–Trinajstić information content (AvgIpc) is 3.54. The standard InChI is InChI=1S/C29H27FN4O2/c1-19-3-12-27(20(2)15-19)28(35)32-25-16-31-34(18-25)26-10-6-22(7-11-26)29(36)33-14-13-23(17-33)21-4-8-24(30)9-5-21/h3-12,15-16,18,23H,13-14,17H2,1-2H3,(H,32,35)/t23-/m1/s1. The molecule has 36 heavy (non-hydrogen) atoms. The third-order valence-electron chi connectivity index (χ3n) is 6.66. The largest absolute Gasteiger partial charge is 0.338 e. The third kappa shape index (κ3) is 4.91. The summed E-state index contributed by atoms with van der Waals surface area (Å²) in [4.78, 5) is 27.5. The number of nitrogens with zero attached hydrogens (tertiary/aromatic N) is 3. The van der Waals surface area contributed by atoms with E-state index in [1.54, 1.807) is 41.3 Å². The van der Waals surface area contributed by atoms with E-state index in [2.05, 4.69) is 10.4 Å². The molecule has 0 spiro atoms. The molecule has 0 radical (unpaired) electrons. The fourth-order valence-electron chi connectivity index (χ4n) is 4.69. The second-order valence-corrected chi connectivity index (χ2v) is 9.28. The molecule has 5 rings (SSSR count). The van der Waals surface area contributed by atoms with E-state index in [4.69, 9.17) is 0 Å².